The number of aryl methyl sites for hydroxylation is 2. The zero-order valence-electron chi connectivity index (χ0n) is 11.1. The summed E-state index contributed by atoms with van der Waals surface area (Å²) in [6, 6.07) is 6.72. The molecule has 0 aliphatic heterocycles. The number of aromatic hydroxyl groups is 1. The molecule has 0 amide bonds. The Balaban J connectivity index is 2.14. The van der Waals surface area contributed by atoms with E-state index in [1.165, 1.54) is 12.3 Å². The highest BCUT2D eigenvalue weighted by Crippen LogP contribution is 2.22. The number of hydrogen-bond donors (Lipinski definition) is 2. The van der Waals surface area contributed by atoms with Crippen LogP contribution in [0.3, 0.4) is 0 Å². The second kappa shape index (κ2) is 5.69. The van der Waals surface area contributed by atoms with Crippen LogP contribution in [0.5, 0.6) is 5.75 Å². The molecule has 3 nitrogen and oxygen atoms in total. The Morgan fingerprint density at radius 3 is 2.35 bits per heavy atom. The van der Waals surface area contributed by atoms with Crippen LogP contribution in [-0.2, 0) is 0 Å². The van der Waals surface area contributed by atoms with Crippen molar-refractivity contribution in [1.29, 1.82) is 0 Å². The lowest BCUT2D eigenvalue weighted by molar-refractivity contribution is 0.467. The van der Waals surface area contributed by atoms with Crippen molar-refractivity contribution >= 4 is 11.9 Å². The molecule has 0 heterocycles. The molecular formula is C15H14F2N2O. The first-order valence-corrected chi connectivity index (χ1v) is 6.01. The van der Waals surface area contributed by atoms with E-state index in [1.54, 1.807) is 26.0 Å². The summed E-state index contributed by atoms with van der Waals surface area (Å²) in [6.07, 6.45) is 1.50. The highest BCUT2D eigenvalue weighted by atomic mass is 19.1. The van der Waals surface area contributed by atoms with E-state index in [0.29, 0.717) is 0 Å². The Morgan fingerprint density at radius 2 is 1.75 bits per heavy atom. The highest BCUT2D eigenvalue weighted by molar-refractivity contribution is 5.81. The van der Waals surface area contributed by atoms with Gasteiger partial charge in [-0.2, -0.15) is 5.10 Å². The predicted octanol–water partition coefficient (Wildman–Crippen LogP) is 3.73. The van der Waals surface area contributed by atoms with E-state index in [9.17, 15) is 13.9 Å². The van der Waals surface area contributed by atoms with E-state index >= 15 is 0 Å². The average molecular weight is 276 g/mol. The number of anilines is 1. The Morgan fingerprint density at radius 1 is 1.10 bits per heavy atom. The number of benzene rings is 2. The quantitative estimate of drug-likeness (QED) is 0.662. The Hall–Kier alpha value is -2.43. The summed E-state index contributed by atoms with van der Waals surface area (Å²) < 4.78 is 26.1. The summed E-state index contributed by atoms with van der Waals surface area (Å²) in [5.41, 5.74) is 4.84. The Labute approximate surface area is 115 Å². The summed E-state index contributed by atoms with van der Waals surface area (Å²) >= 11 is 0. The van der Waals surface area contributed by atoms with Crippen LogP contribution in [-0.4, -0.2) is 11.3 Å². The van der Waals surface area contributed by atoms with Crippen LogP contribution < -0.4 is 5.43 Å². The van der Waals surface area contributed by atoms with Crippen LogP contribution in [0.25, 0.3) is 0 Å². The van der Waals surface area contributed by atoms with E-state index in [-0.39, 0.29) is 11.4 Å². The van der Waals surface area contributed by atoms with Crippen LogP contribution >= 0.6 is 0 Å². The van der Waals surface area contributed by atoms with E-state index in [0.717, 1.165) is 28.8 Å². The first-order valence-electron chi connectivity index (χ1n) is 6.01. The van der Waals surface area contributed by atoms with Gasteiger partial charge in [-0.3, -0.25) is 5.43 Å². The van der Waals surface area contributed by atoms with Crippen molar-refractivity contribution in [3.05, 3.63) is 58.7 Å². The minimum atomic E-state index is -0.708. The van der Waals surface area contributed by atoms with Gasteiger partial charge in [0.25, 0.3) is 0 Å². The monoisotopic (exact) mass is 276 g/mol. The number of nitrogens with zero attached hydrogens (tertiary/aromatic N) is 1. The van der Waals surface area contributed by atoms with Crippen LogP contribution in [0, 0.1) is 25.5 Å². The number of rotatable bonds is 3. The van der Waals surface area contributed by atoms with Gasteiger partial charge >= 0.3 is 0 Å². The number of hydrogen-bond acceptors (Lipinski definition) is 3. The normalized spacial score (nSPS) is 11.0. The molecule has 5 heteroatoms. The number of phenolic OH excluding ortho intramolecular Hbond substituents is 1. The zero-order valence-corrected chi connectivity index (χ0v) is 11.1. The minimum absolute atomic E-state index is 0.0925. The molecular weight excluding hydrogens is 262 g/mol. The Bertz CT molecular complexity index is 646. The van der Waals surface area contributed by atoms with E-state index in [4.69, 9.17) is 0 Å². The van der Waals surface area contributed by atoms with Gasteiger partial charge in [0.15, 0.2) is 5.82 Å². The standard InChI is InChI=1S/C15H14F2N2O/c1-9-5-11(6-10(2)15(9)20)8-18-19-14-4-3-12(16)7-13(14)17/h3-8,19-20H,1-2H3/b18-8+. The van der Waals surface area contributed by atoms with Gasteiger partial charge in [-0.25, -0.2) is 8.78 Å². The zero-order chi connectivity index (χ0) is 14.7. The maximum absolute atomic E-state index is 13.3. The van der Waals surface area contributed by atoms with E-state index < -0.39 is 11.6 Å². The number of phenols is 1. The minimum Gasteiger partial charge on any atom is -0.507 e. The molecule has 0 radical (unpaired) electrons. The average Bonchev–Trinajstić information content (AvgIpc) is 2.38. The molecule has 0 spiro atoms. The van der Waals surface area contributed by atoms with Gasteiger partial charge in [0.1, 0.15) is 11.6 Å². The SMILES string of the molecule is Cc1cc(/C=N/Nc2ccc(F)cc2F)cc(C)c1O. The number of hydrazone groups is 1. The van der Waals surface area contributed by atoms with Gasteiger partial charge in [-0.05, 0) is 54.8 Å². The highest BCUT2D eigenvalue weighted by Gasteiger charge is 2.03. The molecule has 104 valence electrons. The molecule has 0 fully saturated rings. The van der Waals surface area contributed by atoms with Gasteiger partial charge in [0.2, 0.25) is 0 Å². The molecule has 0 aromatic heterocycles. The molecule has 0 unspecified atom stereocenters. The molecule has 20 heavy (non-hydrogen) atoms. The third-order valence-corrected chi connectivity index (χ3v) is 2.84. The molecule has 2 rings (SSSR count). The summed E-state index contributed by atoms with van der Waals surface area (Å²) in [5, 5.41) is 13.5. The summed E-state index contributed by atoms with van der Waals surface area (Å²) in [4.78, 5) is 0. The lowest BCUT2D eigenvalue weighted by atomic mass is 10.1. The van der Waals surface area contributed by atoms with Crippen LogP contribution in [0.4, 0.5) is 14.5 Å². The van der Waals surface area contributed by atoms with E-state index in [2.05, 4.69) is 10.5 Å². The molecule has 2 N–H and O–H groups in total. The lowest BCUT2D eigenvalue weighted by Gasteiger charge is -2.05. The van der Waals surface area contributed by atoms with Crippen molar-refractivity contribution < 1.29 is 13.9 Å². The maximum Gasteiger partial charge on any atom is 0.151 e. The molecule has 0 saturated heterocycles. The van der Waals surface area contributed by atoms with Crippen molar-refractivity contribution in [1.82, 2.24) is 0 Å². The van der Waals surface area contributed by atoms with Crippen molar-refractivity contribution in [2.75, 3.05) is 5.43 Å². The predicted molar refractivity (Wildman–Crippen MR) is 75.2 cm³/mol. The second-order valence-corrected chi connectivity index (χ2v) is 4.50. The fraction of sp³-hybridized carbons (Fsp3) is 0.133. The van der Waals surface area contributed by atoms with Crippen LogP contribution in [0.2, 0.25) is 0 Å². The molecule has 0 aliphatic carbocycles. The first kappa shape index (κ1) is 14.0. The maximum atomic E-state index is 13.3. The van der Waals surface area contributed by atoms with Crippen molar-refractivity contribution in [2.45, 2.75) is 13.8 Å². The topological polar surface area (TPSA) is 44.6 Å². The smallest absolute Gasteiger partial charge is 0.151 e. The van der Waals surface area contributed by atoms with Gasteiger partial charge in [-0.15, -0.1) is 0 Å². The fourth-order valence-corrected chi connectivity index (χ4v) is 1.82. The van der Waals surface area contributed by atoms with Gasteiger partial charge in [-0.1, -0.05) is 0 Å². The van der Waals surface area contributed by atoms with Crippen LogP contribution in [0.1, 0.15) is 16.7 Å². The third-order valence-electron chi connectivity index (χ3n) is 2.84. The number of halogens is 2. The molecule has 2 aromatic rings. The van der Waals surface area contributed by atoms with Gasteiger partial charge < -0.3 is 5.11 Å². The van der Waals surface area contributed by atoms with Crippen molar-refractivity contribution in [2.24, 2.45) is 5.10 Å². The largest absolute Gasteiger partial charge is 0.507 e. The molecule has 0 aliphatic rings. The third kappa shape index (κ3) is 3.12. The summed E-state index contributed by atoms with van der Waals surface area (Å²) in [6.45, 7) is 3.57. The molecule has 0 bridgehead atoms. The van der Waals surface area contributed by atoms with Gasteiger partial charge in [0.05, 0.1) is 11.9 Å². The number of nitrogens with one attached hydrogen (secondary N) is 1. The second-order valence-electron chi connectivity index (χ2n) is 4.50. The molecule has 0 atom stereocenters. The van der Waals surface area contributed by atoms with E-state index in [1.807, 2.05) is 0 Å². The van der Waals surface area contributed by atoms with Crippen molar-refractivity contribution in [3.8, 4) is 5.75 Å². The van der Waals surface area contributed by atoms with Gasteiger partial charge in [0, 0.05) is 6.07 Å². The lowest BCUT2D eigenvalue weighted by Crippen LogP contribution is -1.95. The molecule has 0 saturated carbocycles. The summed E-state index contributed by atoms with van der Waals surface area (Å²) in [7, 11) is 0. The van der Waals surface area contributed by atoms with Crippen LogP contribution in [0.15, 0.2) is 35.4 Å². The molecule has 2 aromatic carbocycles. The summed E-state index contributed by atoms with van der Waals surface area (Å²) in [5.74, 6) is -1.10. The first-order chi connectivity index (χ1) is 9.47. The van der Waals surface area contributed by atoms with Crippen molar-refractivity contribution in [3.63, 3.8) is 0 Å². The Kier molecular flexibility index (Phi) is 3.98. The fourth-order valence-electron chi connectivity index (χ4n) is 1.82.